The molecule has 7 heavy (non-hydrogen) atoms. The molecule has 1 unspecified atom stereocenters. The number of hydrogen-bond donors (Lipinski definition) is 1. The minimum absolute atomic E-state index is 0.766. The maximum atomic E-state index is 8.55. The first-order valence-electron chi connectivity index (χ1n) is 1.69. The van der Waals surface area contributed by atoms with E-state index in [2.05, 4.69) is 0 Å². The van der Waals surface area contributed by atoms with Crippen LogP contribution in [0.5, 0.6) is 0 Å². The van der Waals surface area contributed by atoms with Crippen LogP contribution in [0, 0.1) is 0 Å². The molecule has 0 aliphatic carbocycles. The van der Waals surface area contributed by atoms with Crippen LogP contribution in [0.1, 0.15) is 6.92 Å². The van der Waals surface area contributed by atoms with E-state index in [1.807, 2.05) is 0 Å². The van der Waals surface area contributed by atoms with Gasteiger partial charge < -0.3 is 5.11 Å². The number of aliphatic hydroxyl groups excluding tert-OH is 1. The van der Waals surface area contributed by atoms with E-state index in [4.69, 9.17) is 38.3 Å². The maximum absolute atomic E-state index is 8.55. The fourth-order valence-electron chi connectivity index (χ4n) is 0. The second-order valence-corrected chi connectivity index (χ2v) is 10.2. The van der Waals surface area contributed by atoms with Crippen molar-refractivity contribution in [1.29, 1.82) is 0 Å². The predicted octanol–water partition coefficient (Wildman–Crippen LogP) is 1.56. The quantitative estimate of drug-likeness (QED) is 0.479. The zero-order valence-electron chi connectivity index (χ0n) is 3.66. The molecule has 0 aromatic heterocycles. The summed E-state index contributed by atoms with van der Waals surface area (Å²) in [4.78, 5) is 0. The molecule has 0 radical (unpaired) electrons. The smallest absolute Gasteiger partial charge is 0.368 e. The van der Waals surface area contributed by atoms with Crippen molar-refractivity contribution in [2.75, 3.05) is 0 Å². The van der Waals surface area contributed by atoms with Crippen LogP contribution in [-0.2, 0) is 0 Å². The average molecular weight is 180 g/mol. The Kier molecular flexibility index (Phi) is 2.93. The van der Waals surface area contributed by atoms with Crippen molar-refractivity contribution in [2.24, 2.45) is 0 Å². The van der Waals surface area contributed by atoms with Crippen molar-refractivity contribution in [2.45, 2.75) is 12.7 Å². The highest BCUT2D eigenvalue weighted by molar-refractivity contribution is 7.65. The summed E-state index contributed by atoms with van der Waals surface area (Å²) in [7, 11) is 0. The minimum atomic E-state index is -2.76. The normalized spacial score (nSPS) is 16.7. The Morgan fingerprint density at radius 3 is 1.57 bits per heavy atom. The fraction of sp³-hybridized carbons (Fsp3) is 1.00. The standard InChI is InChI=1S/C2H5Cl3OSi/c1-2(6)7(3,4)5/h2,6H,1H3. The lowest BCUT2D eigenvalue weighted by Crippen LogP contribution is -2.27. The molecule has 0 saturated heterocycles. The van der Waals surface area contributed by atoms with E-state index in [-0.39, 0.29) is 0 Å². The van der Waals surface area contributed by atoms with Gasteiger partial charge in [-0.3, -0.25) is 0 Å². The van der Waals surface area contributed by atoms with Gasteiger partial charge >= 0.3 is 6.00 Å². The molecule has 0 aliphatic rings. The number of halogens is 3. The van der Waals surface area contributed by atoms with Crippen LogP contribution in [0.15, 0.2) is 0 Å². The largest absolute Gasteiger partial charge is 0.393 e. The first kappa shape index (κ1) is 8.05. The first-order valence-corrected chi connectivity index (χ1v) is 6.80. The Morgan fingerprint density at radius 2 is 1.57 bits per heavy atom. The van der Waals surface area contributed by atoms with Crippen LogP contribution in [-0.4, -0.2) is 16.8 Å². The van der Waals surface area contributed by atoms with Crippen LogP contribution in [0.4, 0.5) is 0 Å². The summed E-state index contributed by atoms with van der Waals surface area (Å²) in [6, 6.07) is -2.76. The highest BCUT2D eigenvalue weighted by Gasteiger charge is 2.31. The van der Waals surface area contributed by atoms with Crippen LogP contribution < -0.4 is 0 Å². The van der Waals surface area contributed by atoms with Gasteiger partial charge in [0.1, 0.15) is 0 Å². The lowest BCUT2D eigenvalue weighted by molar-refractivity contribution is 0.272. The van der Waals surface area contributed by atoms with Crippen molar-refractivity contribution in [3.63, 3.8) is 0 Å². The summed E-state index contributed by atoms with van der Waals surface area (Å²) in [5.41, 5.74) is -0.766. The van der Waals surface area contributed by atoms with E-state index < -0.39 is 11.7 Å². The van der Waals surface area contributed by atoms with Crippen molar-refractivity contribution in [3.05, 3.63) is 0 Å². The zero-order valence-corrected chi connectivity index (χ0v) is 6.93. The summed E-state index contributed by atoms with van der Waals surface area (Å²) in [6.07, 6.45) is 0. The second kappa shape index (κ2) is 2.55. The van der Waals surface area contributed by atoms with E-state index in [1.165, 1.54) is 6.92 Å². The van der Waals surface area contributed by atoms with Gasteiger partial charge in [0.2, 0.25) is 0 Å². The molecule has 0 bridgehead atoms. The van der Waals surface area contributed by atoms with Crippen LogP contribution in [0.2, 0.25) is 0 Å². The maximum Gasteiger partial charge on any atom is 0.368 e. The molecule has 1 N–H and O–H groups in total. The van der Waals surface area contributed by atoms with Gasteiger partial charge in [0.15, 0.2) is 0 Å². The Morgan fingerprint density at radius 1 is 1.43 bits per heavy atom. The van der Waals surface area contributed by atoms with E-state index >= 15 is 0 Å². The lowest BCUT2D eigenvalue weighted by atomic mass is 10.9. The van der Waals surface area contributed by atoms with Gasteiger partial charge in [0.05, 0.1) is 5.73 Å². The van der Waals surface area contributed by atoms with E-state index in [9.17, 15) is 0 Å². The topological polar surface area (TPSA) is 20.2 Å². The van der Waals surface area contributed by atoms with Crippen LogP contribution in [0.3, 0.4) is 0 Å². The number of rotatable bonds is 1. The molecule has 44 valence electrons. The summed E-state index contributed by atoms with van der Waals surface area (Å²) >= 11 is 15.9. The van der Waals surface area contributed by atoms with Crippen molar-refractivity contribution in [1.82, 2.24) is 0 Å². The van der Waals surface area contributed by atoms with Crippen LogP contribution >= 0.6 is 33.2 Å². The SMILES string of the molecule is CC(O)[Si](Cl)(Cl)Cl. The molecule has 0 saturated carbocycles. The Balaban J connectivity index is 3.54. The first-order chi connectivity index (χ1) is 2.94. The second-order valence-electron chi connectivity index (χ2n) is 1.22. The van der Waals surface area contributed by atoms with Crippen LogP contribution in [0.25, 0.3) is 0 Å². The highest BCUT2D eigenvalue weighted by atomic mass is 35.8. The van der Waals surface area contributed by atoms with Gasteiger partial charge in [-0.05, 0) is 6.92 Å². The molecule has 0 rings (SSSR count). The molecular formula is C2H5Cl3OSi. The third kappa shape index (κ3) is 3.61. The summed E-state index contributed by atoms with van der Waals surface area (Å²) in [5.74, 6) is 0. The highest BCUT2D eigenvalue weighted by Crippen LogP contribution is 2.23. The van der Waals surface area contributed by atoms with E-state index in [0.29, 0.717) is 0 Å². The Labute approximate surface area is 57.3 Å². The summed E-state index contributed by atoms with van der Waals surface area (Å²) in [5, 5.41) is 8.55. The molecule has 0 spiro atoms. The molecule has 0 amide bonds. The molecule has 1 nitrogen and oxygen atoms in total. The Bertz CT molecular complexity index is 58.4. The van der Waals surface area contributed by atoms with E-state index in [1.54, 1.807) is 0 Å². The molecule has 5 heteroatoms. The molecule has 0 fully saturated rings. The number of aliphatic hydroxyl groups is 1. The third-order valence-corrected chi connectivity index (χ3v) is 4.26. The van der Waals surface area contributed by atoms with Gasteiger partial charge in [-0.15, -0.1) is 33.2 Å². The van der Waals surface area contributed by atoms with Gasteiger partial charge in [0.25, 0.3) is 0 Å². The van der Waals surface area contributed by atoms with E-state index in [0.717, 1.165) is 0 Å². The Hall–Kier alpha value is 1.05. The molecule has 0 aromatic rings. The lowest BCUT2D eigenvalue weighted by Gasteiger charge is -2.08. The van der Waals surface area contributed by atoms with Gasteiger partial charge in [0, 0.05) is 0 Å². The summed E-state index contributed by atoms with van der Waals surface area (Å²) in [6.45, 7) is 1.47. The van der Waals surface area contributed by atoms with Crippen molar-refractivity contribution >= 4 is 39.2 Å². The van der Waals surface area contributed by atoms with Crippen molar-refractivity contribution < 1.29 is 5.11 Å². The third-order valence-electron chi connectivity index (χ3n) is 0.474. The minimum Gasteiger partial charge on any atom is -0.393 e. The molecule has 0 heterocycles. The molecule has 1 atom stereocenters. The van der Waals surface area contributed by atoms with Crippen molar-refractivity contribution in [3.8, 4) is 0 Å². The van der Waals surface area contributed by atoms with Gasteiger partial charge in [-0.25, -0.2) is 0 Å². The van der Waals surface area contributed by atoms with Gasteiger partial charge in [-0.2, -0.15) is 0 Å². The monoisotopic (exact) mass is 178 g/mol. The molecule has 0 aromatic carbocycles. The fourth-order valence-corrected chi connectivity index (χ4v) is 0. The predicted molar refractivity (Wildman–Crippen MR) is 35.0 cm³/mol. The molecule has 0 aliphatic heterocycles. The van der Waals surface area contributed by atoms with Gasteiger partial charge in [-0.1, -0.05) is 0 Å². The average Bonchev–Trinajstić information content (AvgIpc) is 1.31. The molecular weight excluding hydrogens is 174 g/mol. The summed E-state index contributed by atoms with van der Waals surface area (Å²) < 4.78 is 0. The zero-order chi connectivity index (χ0) is 6.08. The number of hydrogen-bond acceptors (Lipinski definition) is 1.